The molecule has 3 nitrogen and oxygen atoms in total. The van der Waals surface area contributed by atoms with Gasteiger partial charge in [-0.2, -0.15) is 0 Å². The first-order valence-electron chi connectivity index (χ1n) is 5.59. The van der Waals surface area contributed by atoms with Gasteiger partial charge >= 0.3 is 0 Å². The Balaban J connectivity index is 2.24. The van der Waals surface area contributed by atoms with Gasteiger partial charge in [-0.05, 0) is 37.1 Å². The molecule has 1 aliphatic heterocycles. The van der Waals surface area contributed by atoms with Crippen LogP contribution in [0.1, 0.15) is 18.4 Å². The van der Waals surface area contributed by atoms with Crippen LogP contribution in [0.2, 0.25) is 0 Å². The summed E-state index contributed by atoms with van der Waals surface area (Å²) in [5.41, 5.74) is 6.75. The predicted molar refractivity (Wildman–Crippen MR) is 67.1 cm³/mol. The molecule has 1 heterocycles. The third kappa shape index (κ3) is 2.68. The van der Waals surface area contributed by atoms with E-state index in [4.69, 9.17) is 15.2 Å². The summed E-state index contributed by atoms with van der Waals surface area (Å²) >= 11 is 3.55. The molecule has 0 amide bonds. The molecule has 0 saturated heterocycles. The van der Waals surface area contributed by atoms with E-state index < -0.39 is 0 Å². The van der Waals surface area contributed by atoms with Crippen molar-refractivity contribution in [1.29, 1.82) is 0 Å². The number of benzene rings is 1. The molecule has 0 atom stereocenters. The molecule has 0 unspecified atom stereocenters. The molecule has 1 aliphatic rings. The molecule has 0 aliphatic carbocycles. The molecule has 0 saturated carbocycles. The van der Waals surface area contributed by atoms with Crippen LogP contribution in [-0.2, 0) is 6.42 Å². The van der Waals surface area contributed by atoms with Crippen LogP contribution in [0.15, 0.2) is 16.6 Å². The first-order valence-corrected chi connectivity index (χ1v) is 6.38. The van der Waals surface area contributed by atoms with E-state index in [1.165, 1.54) is 5.56 Å². The molecule has 0 fully saturated rings. The fourth-order valence-corrected chi connectivity index (χ4v) is 2.23. The van der Waals surface area contributed by atoms with Crippen molar-refractivity contribution in [2.45, 2.75) is 19.3 Å². The summed E-state index contributed by atoms with van der Waals surface area (Å²) in [6, 6.07) is 4.05. The van der Waals surface area contributed by atoms with Crippen LogP contribution in [0.4, 0.5) is 0 Å². The summed E-state index contributed by atoms with van der Waals surface area (Å²) in [7, 11) is 0. The van der Waals surface area contributed by atoms with Crippen LogP contribution in [0, 0.1) is 0 Å². The number of aryl methyl sites for hydroxylation is 1. The fraction of sp³-hybridized carbons (Fsp3) is 0.500. The second-order valence-electron chi connectivity index (χ2n) is 3.83. The molecular weight excluding hydrogens is 270 g/mol. The van der Waals surface area contributed by atoms with E-state index in [0.717, 1.165) is 48.4 Å². The topological polar surface area (TPSA) is 44.5 Å². The summed E-state index contributed by atoms with van der Waals surface area (Å²) in [6.45, 7) is 2.16. The lowest BCUT2D eigenvalue weighted by atomic mass is 10.1. The molecule has 0 bridgehead atoms. The Bertz CT molecular complexity index is 368. The van der Waals surface area contributed by atoms with Gasteiger partial charge in [-0.15, -0.1) is 0 Å². The van der Waals surface area contributed by atoms with E-state index in [1.807, 2.05) is 6.07 Å². The summed E-state index contributed by atoms with van der Waals surface area (Å²) in [4.78, 5) is 0. The minimum absolute atomic E-state index is 0.709. The van der Waals surface area contributed by atoms with Gasteiger partial charge in [0.1, 0.15) is 0 Å². The maximum Gasteiger partial charge on any atom is 0.162 e. The Hall–Kier alpha value is -0.740. The van der Waals surface area contributed by atoms with E-state index >= 15 is 0 Å². The van der Waals surface area contributed by atoms with Gasteiger partial charge in [0.05, 0.1) is 13.2 Å². The highest BCUT2D eigenvalue weighted by Crippen LogP contribution is 2.35. The lowest BCUT2D eigenvalue weighted by molar-refractivity contribution is 0.297. The Morgan fingerprint density at radius 2 is 1.88 bits per heavy atom. The third-order valence-electron chi connectivity index (χ3n) is 2.57. The molecular formula is C12H16BrNO2. The standard InChI is InChI=1S/C12H16BrNO2/c13-10-8-12-11(15-5-2-6-16-12)7-9(10)3-1-4-14/h7-8H,1-6,14H2. The number of halogens is 1. The van der Waals surface area contributed by atoms with Gasteiger partial charge in [0.2, 0.25) is 0 Å². The van der Waals surface area contributed by atoms with Gasteiger partial charge in [-0.3, -0.25) is 0 Å². The highest BCUT2D eigenvalue weighted by molar-refractivity contribution is 9.10. The maximum atomic E-state index is 5.65. The highest BCUT2D eigenvalue weighted by Gasteiger charge is 2.13. The third-order valence-corrected chi connectivity index (χ3v) is 3.31. The van der Waals surface area contributed by atoms with Gasteiger partial charge in [-0.25, -0.2) is 0 Å². The Morgan fingerprint density at radius 1 is 1.19 bits per heavy atom. The number of ether oxygens (including phenoxy) is 2. The molecule has 16 heavy (non-hydrogen) atoms. The smallest absolute Gasteiger partial charge is 0.162 e. The van der Waals surface area contributed by atoms with Crippen molar-refractivity contribution in [1.82, 2.24) is 0 Å². The second-order valence-corrected chi connectivity index (χ2v) is 4.69. The highest BCUT2D eigenvalue weighted by atomic mass is 79.9. The van der Waals surface area contributed by atoms with Gasteiger partial charge in [0.25, 0.3) is 0 Å². The zero-order valence-electron chi connectivity index (χ0n) is 9.17. The lowest BCUT2D eigenvalue weighted by Crippen LogP contribution is -2.01. The molecule has 0 radical (unpaired) electrons. The van der Waals surface area contributed by atoms with Crippen LogP contribution in [0.3, 0.4) is 0 Å². The van der Waals surface area contributed by atoms with Crippen LogP contribution in [0.5, 0.6) is 11.5 Å². The summed E-state index contributed by atoms with van der Waals surface area (Å²) < 4.78 is 12.3. The van der Waals surface area contributed by atoms with Crippen molar-refractivity contribution >= 4 is 15.9 Å². The number of rotatable bonds is 3. The monoisotopic (exact) mass is 285 g/mol. The van der Waals surface area contributed by atoms with Crippen molar-refractivity contribution in [2.75, 3.05) is 19.8 Å². The normalized spacial score (nSPS) is 14.6. The van der Waals surface area contributed by atoms with Crippen LogP contribution < -0.4 is 15.2 Å². The molecule has 0 aromatic heterocycles. The number of nitrogens with two attached hydrogens (primary N) is 1. The van der Waals surface area contributed by atoms with Gasteiger partial charge in [0, 0.05) is 10.9 Å². The van der Waals surface area contributed by atoms with Crippen molar-refractivity contribution in [3.8, 4) is 11.5 Å². The predicted octanol–water partition coefficient (Wildman–Crippen LogP) is 2.50. The summed E-state index contributed by atoms with van der Waals surface area (Å²) in [6.07, 6.45) is 2.89. The lowest BCUT2D eigenvalue weighted by Gasteiger charge is -2.11. The Labute approximate surface area is 104 Å². The average Bonchev–Trinajstić information content (AvgIpc) is 2.50. The molecule has 88 valence electrons. The average molecular weight is 286 g/mol. The van der Waals surface area contributed by atoms with Crippen molar-refractivity contribution in [2.24, 2.45) is 5.73 Å². The van der Waals surface area contributed by atoms with Crippen LogP contribution >= 0.6 is 15.9 Å². The minimum Gasteiger partial charge on any atom is -0.490 e. The van der Waals surface area contributed by atoms with E-state index in [2.05, 4.69) is 22.0 Å². The second kappa shape index (κ2) is 5.55. The van der Waals surface area contributed by atoms with E-state index in [-0.39, 0.29) is 0 Å². The van der Waals surface area contributed by atoms with Crippen molar-refractivity contribution < 1.29 is 9.47 Å². The zero-order chi connectivity index (χ0) is 11.4. The first-order chi connectivity index (χ1) is 7.81. The summed E-state index contributed by atoms with van der Waals surface area (Å²) in [5.74, 6) is 1.69. The zero-order valence-corrected chi connectivity index (χ0v) is 10.8. The molecule has 2 N–H and O–H groups in total. The van der Waals surface area contributed by atoms with E-state index in [9.17, 15) is 0 Å². The van der Waals surface area contributed by atoms with Crippen molar-refractivity contribution in [3.05, 3.63) is 22.2 Å². The van der Waals surface area contributed by atoms with Gasteiger partial charge < -0.3 is 15.2 Å². The first kappa shape index (κ1) is 11.7. The number of fused-ring (bicyclic) bond motifs is 1. The van der Waals surface area contributed by atoms with E-state index in [0.29, 0.717) is 6.54 Å². The summed E-state index contributed by atoms with van der Waals surface area (Å²) in [5, 5.41) is 0. The Kier molecular flexibility index (Phi) is 4.07. The van der Waals surface area contributed by atoms with Crippen LogP contribution in [-0.4, -0.2) is 19.8 Å². The van der Waals surface area contributed by atoms with Gasteiger partial charge in [0.15, 0.2) is 11.5 Å². The van der Waals surface area contributed by atoms with E-state index in [1.54, 1.807) is 0 Å². The molecule has 2 rings (SSSR count). The van der Waals surface area contributed by atoms with Gasteiger partial charge in [-0.1, -0.05) is 15.9 Å². The molecule has 0 spiro atoms. The number of hydrogen-bond donors (Lipinski definition) is 1. The minimum atomic E-state index is 0.709. The largest absolute Gasteiger partial charge is 0.490 e. The molecule has 1 aromatic rings. The molecule has 1 aromatic carbocycles. The fourth-order valence-electron chi connectivity index (χ4n) is 1.71. The van der Waals surface area contributed by atoms with Crippen molar-refractivity contribution in [3.63, 3.8) is 0 Å². The molecule has 4 heteroatoms. The SMILES string of the molecule is NCCCc1cc2c(cc1Br)OCCCO2. The number of hydrogen-bond acceptors (Lipinski definition) is 3. The maximum absolute atomic E-state index is 5.65. The van der Waals surface area contributed by atoms with Crippen LogP contribution in [0.25, 0.3) is 0 Å². The quantitative estimate of drug-likeness (QED) is 0.928. The Morgan fingerprint density at radius 3 is 2.56 bits per heavy atom.